The quantitative estimate of drug-likeness (QED) is 0.776. The number of benzene rings is 1. The highest BCUT2D eigenvalue weighted by Crippen LogP contribution is 2.11. The number of nitriles is 1. The molecule has 0 bridgehead atoms. The topological polar surface area (TPSA) is 56.1 Å². The Bertz CT molecular complexity index is 451. The average molecular weight is 273 g/mol. The minimum absolute atomic E-state index is 0.0481. The Labute approximate surface area is 121 Å². The summed E-state index contributed by atoms with van der Waals surface area (Å²) in [7, 11) is 2.03. The summed E-state index contributed by atoms with van der Waals surface area (Å²) in [6, 6.07) is 12.2. The highest BCUT2D eigenvalue weighted by atomic mass is 16.1. The third-order valence-electron chi connectivity index (χ3n) is 3.25. The monoisotopic (exact) mass is 273 g/mol. The maximum Gasteiger partial charge on any atom is 0.237 e. The van der Waals surface area contributed by atoms with E-state index in [1.54, 1.807) is 0 Å². The summed E-state index contributed by atoms with van der Waals surface area (Å²) in [5.41, 5.74) is 1.16. The Hall–Kier alpha value is -2.02. The molecule has 4 nitrogen and oxygen atoms in total. The van der Waals surface area contributed by atoms with Crippen LogP contribution in [0.2, 0.25) is 0 Å². The molecule has 0 aliphatic carbocycles. The van der Waals surface area contributed by atoms with Gasteiger partial charge in [-0.25, -0.2) is 0 Å². The number of hydrogen-bond acceptors (Lipinski definition) is 3. The first-order chi connectivity index (χ1) is 9.56. The second-order valence-electron chi connectivity index (χ2n) is 5.25. The summed E-state index contributed by atoms with van der Waals surface area (Å²) in [6.07, 6.45) is 0.855. The van der Waals surface area contributed by atoms with E-state index in [1.807, 2.05) is 39.1 Å². The number of hydrogen-bond donors (Lipinski definition) is 1. The Kier molecular flexibility index (Phi) is 6.58. The lowest BCUT2D eigenvalue weighted by molar-refractivity contribution is -0.124. The molecule has 1 aromatic carbocycles. The van der Waals surface area contributed by atoms with Gasteiger partial charge in [-0.2, -0.15) is 5.26 Å². The van der Waals surface area contributed by atoms with E-state index in [4.69, 9.17) is 5.26 Å². The minimum atomic E-state index is -0.554. The van der Waals surface area contributed by atoms with Gasteiger partial charge in [0.05, 0.1) is 6.07 Å². The van der Waals surface area contributed by atoms with Gasteiger partial charge in [-0.1, -0.05) is 32.0 Å². The van der Waals surface area contributed by atoms with Crippen molar-refractivity contribution in [3.63, 3.8) is 0 Å². The number of amides is 1. The van der Waals surface area contributed by atoms with Crippen LogP contribution in [0.1, 0.15) is 20.3 Å². The number of nitrogens with zero attached hydrogens (tertiary/aromatic N) is 2. The van der Waals surface area contributed by atoms with Gasteiger partial charge in [0.2, 0.25) is 5.91 Å². The lowest BCUT2D eigenvalue weighted by Gasteiger charge is -2.19. The summed E-state index contributed by atoms with van der Waals surface area (Å²) in [5, 5.41) is 11.8. The number of rotatable bonds is 7. The van der Waals surface area contributed by atoms with Crippen molar-refractivity contribution >= 4 is 11.6 Å². The van der Waals surface area contributed by atoms with Crippen LogP contribution in [0.4, 0.5) is 5.69 Å². The van der Waals surface area contributed by atoms with Crippen LogP contribution in [0.3, 0.4) is 0 Å². The molecular formula is C16H23N3O. The van der Waals surface area contributed by atoms with Crippen molar-refractivity contribution < 1.29 is 4.79 Å². The molecule has 1 unspecified atom stereocenters. The summed E-state index contributed by atoms with van der Waals surface area (Å²) in [4.78, 5) is 13.9. The molecule has 0 heterocycles. The fourth-order valence-corrected chi connectivity index (χ4v) is 1.96. The van der Waals surface area contributed by atoms with Gasteiger partial charge in [0, 0.05) is 25.8 Å². The zero-order valence-electron chi connectivity index (χ0n) is 12.5. The van der Waals surface area contributed by atoms with Crippen LogP contribution in [0.5, 0.6) is 0 Å². The number of carbonyl (C=O) groups is 1. The first-order valence-electron chi connectivity index (χ1n) is 6.99. The largest absolute Gasteiger partial charge is 0.375 e. The Morgan fingerprint density at radius 1 is 1.35 bits per heavy atom. The lowest BCUT2D eigenvalue weighted by Crippen LogP contribution is -2.34. The van der Waals surface area contributed by atoms with Crippen molar-refractivity contribution in [2.24, 2.45) is 11.8 Å². The smallest absolute Gasteiger partial charge is 0.237 e. The van der Waals surface area contributed by atoms with Crippen molar-refractivity contribution in [2.45, 2.75) is 20.3 Å². The second kappa shape index (κ2) is 8.21. The molecule has 0 aliphatic heterocycles. The van der Waals surface area contributed by atoms with Crippen LogP contribution in [0, 0.1) is 23.2 Å². The van der Waals surface area contributed by atoms with Gasteiger partial charge in [-0.05, 0) is 24.5 Å². The van der Waals surface area contributed by atoms with E-state index >= 15 is 0 Å². The molecule has 0 saturated heterocycles. The molecule has 108 valence electrons. The molecule has 0 spiro atoms. The molecule has 1 N–H and O–H groups in total. The molecule has 0 radical (unpaired) electrons. The van der Waals surface area contributed by atoms with Crippen LogP contribution >= 0.6 is 0 Å². The first-order valence-corrected chi connectivity index (χ1v) is 6.99. The Balaban J connectivity index is 2.29. The minimum Gasteiger partial charge on any atom is -0.375 e. The van der Waals surface area contributed by atoms with Crippen LogP contribution < -0.4 is 10.2 Å². The fraction of sp³-hybridized carbons (Fsp3) is 0.500. The zero-order valence-corrected chi connectivity index (χ0v) is 12.5. The molecule has 4 heteroatoms. The van der Waals surface area contributed by atoms with E-state index in [0.29, 0.717) is 6.54 Å². The summed E-state index contributed by atoms with van der Waals surface area (Å²) in [6.45, 7) is 5.23. The van der Waals surface area contributed by atoms with E-state index in [1.165, 1.54) is 0 Å². The molecular weight excluding hydrogens is 250 g/mol. The highest BCUT2D eigenvalue weighted by molar-refractivity contribution is 5.81. The zero-order chi connectivity index (χ0) is 15.0. The SMILES string of the molecule is CC(C)C(C#N)C(=O)NCCCN(C)c1ccccc1. The maximum absolute atomic E-state index is 11.8. The van der Waals surface area contributed by atoms with E-state index in [0.717, 1.165) is 18.7 Å². The Morgan fingerprint density at radius 2 is 2.00 bits per heavy atom. The second-order valence-corrected chi connectivity index (χ2v) is 5.25. The highest BCUT2D eigenvalue weighted by Gasteiger charge is 2.20. The van der Waals surface area contributed by atoms with Gasteiger partial charge in [0.15, 0.2) is 0 Å². The van der Waals surface area contributed by atoms with E-state index in [2.05, 4.69) is 28.4 Å². The van der Waals surface area contributed by atoms with Gasteiger partial charge >= 0.3 is 0 Å². The van der Waals surface area contributed by atoms with Crippen molar-refractivity contribution in [1.29, 1.82) is 5.26 Å². The van der Waals surface area contributed by atoms with Crippen molar-refractivity contribution in [3.05, 3.63) is 30.3 Å². The number of para-hydroxylation sites is 1. The predicted octanol–water partition coefficient (Wildman–Crippen LogP) is 2.42. The van der Waals surface area contributed by atoms with Crippen LogP contribution in [-0.2, 0) is 4.79 Å². The molecule has 0 fully saturated rings. The third kappa shape index (κ3) is 4.93. The normalized spacial score (nSPS) is 11.8. The summed E-state index contributed by atoms with van der Waals surface area (Å²) < 4.78 is 0. The van der Waals surface area contributed by atoms with Crippen LogP contribution in [0.15, 0.2) is 30.3 Å². The molecule has 0 saturated carbocycles. The molecule has 0 aromatic heterocycles. The average Bonchev–Trinajstić information content (AvgIpc) is 2.44. The van der Waals surface area contributed by atoms with Crippen LogP contribution in [0.25, 0.3) is 0 Å². The molecule has 1 aromatic rings. The van der Waals surface area contributed by atoms with Gasteiger partial charge < -0.3 is 10.2 Å². The van der Waals surface area contributed by atoms with Crippen molar-refractivity contribution in [3.8, 4) is 6.07 Å². The predicted molar refractivity (Wildman–Crippen MR) is 81.3 cm³/mol. The summed E-state index contributed by atoms with van der Waals surface area (Å²) in [5.74, 6) is -0.668. The molecule has 1 rings (SSSR count). The van der Waals surface area contributed by atoms with Gasteiger partial charge in [0.1, 0.15) is 5.92 Å². The first kappa shape index (κ1) is 16.0. The summed E-state index contributed by atoms with van der Waals surface area (Å²) >= 11 is 0. The van der Waals surface area contributed by atoms with Gasteiger partial charge in [-0.3, -0.25) is 4.79 Å². The van der Waals surface area contributed by atoms with E-state index in [9.17, 15) is 4.79 Å². The maximum atomic E-state index is 11.8. The number of nitrogens with one attached hydrogen (secondary N) is 1. The molecule has 0 aliphatic rings. The Morgan fingerprint density at radius 3 is 2.55 bits per heavy atom. The lowest BCUT2D eigenvalue weighted by atomic mass is 9.97. The van der Waals surface area contributed by atoms with Gasteiger partial charge in [0.25, 0.3) is 0 Å². The molecule has 1 amide bonds. The fourth-order valence-electron chi connectivity index (χ4n) is 1.96. The number of anilines is 1. The van der Waals surface area contributed by atoms with Gasteiger partial charge in [-0.15, -0.1) is 0 Å². The molecule has 1 atom stereocenters. The molecule has 20 heavy (non-hydrogen) atoms. The van der Waals surface area contributed by atoms with E-state index < -0.39 is 5.92 Å². The number of carbonyl (C=O) groups excluding carboxylic acids is 1. The van der Waals surface area contributed by atoms with Crippen molar-refractivity contribution in [2.75, 3.05) is 25.0 Å². The third-order valence-corrected chi connectivity index (χ3v) is 3.25. The van der Waals surface area contributed by atoms with Crippen LogP contribution in [-0.4, -0.2) is 26.0 Å². The van der Waals surface area contributed by atoms with Crippen molar-refractivity contribution in [1.82, 2.24) is 5.32 Å². The van der Waals surface area contributed by atoms with E-state index in [-0.39, 0.29) is 11.8 Å². The standard InChI is InChI=1S/C16H23N3O/c1-13(2)15(12-17)16(20)18-10-7-11-19(3)14-8-5-4-6-9-14/h4-6,8-9,13,15H,7,10-11H2,1-3H3,(H,18,20).